The minimum atomic E-state index is -0.438. The van der Waals surface area contributed by atoms with Crippen LogP contribution in [0.3, 0.4) is 0 Å². The van der Waals surface area contributed by atoms with E-state index in [1.807, 2.05) is 13.8 Å². The van der Waals surface area contributed by atoms with Crippen molar-refractivity contribution in [3.63, 3.8) is 0 Å². The number of hydrogen-bond acceptors (Lipinski definition) is 5. The molecule has 0 aliphatic carbocycles. The quantitative estimate of drug-likeness (QED) is 0.306. The number of carbonyl (C=O) groups excluding carboxylic acids is 2. The van der Waals surface area contributed by atoms with Crippen LogP contribution in [-0.2, 0) is 23.8 Å². The summed E-state index contributed by atoms with van der Waals surface area (Å²) in [5.74, 6) is -0.862. The van der Waals surface area contributed by atoms with Crippen LogP contribution in [-0.4, -0.2) is 37.9 Å². The zero-order chi connectivity index (χ0) is 18.0. The van der Waals surface area contributed by atoms with Crippen LogP contribution in [0.2, 0.25) is 0 Å². The van der Waals surface area contributed by atoms with E-state index in [9.17, 15) is 9.59 Å². The minimum Gasteiger partial charge on any atom is -0.464 e. The van der Waals surface area contributed by atoms with E-state index < -0.39 is 11.9 Å². The molecule has 1 atom stereocenters. The highest BCUT2D eigenvalue weighted by atomic mass is 16.6. The summed E-state index contributed by atoms with van der Waals surface area (Å²) in [5, 5.41) is 0. The fourth-order valence-electron chi connectivity index (χ4n) is 2.41. The SMILES string of the molecule is CCCCCCCCCCOC(=O)COCC(=O)OC(C)CCC. The summed E-state index contributed by atoms with van der Waals surface area (Å²) in [5.41, 5.74) is 0. The van der Waals surface area contributed by atoms with Gasteiger partial charge in [0.1, 0.15) is 13.2 Å². The number of esters is 2. The molecular weight excluding hydrogens is 308 g/mol. The van der Waals surface area contributed by atoms with Crippen molar-refractivity contribution in [3.05, 3.63) is 0 Å². The summed E-state index contributed by atoms with van der Waals surface area (Å²) < 4.78 is 15.2. The van der Waals surface area contributed by atoms with Gasteiger partial charge in [0.05, 0.1) is 12.7 Å². The highest BCUT2D eigenvalue weighted by molar-refractivity contribution is 5.73. The van der Waals surface area contributed by atoms with Crippen molar-refractivity contribution >= 4 is 11.9 Å². The molecule has 0 heterocycles. The Morgan fingerprint density at radius 3 is 2.00 bits per heavy atom. The van der Waals surface area contributed by atoms with Gasteiger partial charge < -0.3 is 14.2 Å². The summed E-state index contributed by atoms with van der Waals surface area (Å²) in [6.45, 7) is 6.11. The molecule has 0 amide bonds. The molecule has 0 spiro atoms. The molecule has 5 heteroatoms. The fourth-order valence-corrected chi connectivity index (χ4v) is 2.41. The zero-order valence-electron chi connectivity index (χ0n) is 15.8. The summed E-state index contributed by atoms with van der Waals surface area (Å²) in [7, 11) is 0. The third-order valence-electron chi connectivity index (χ3n) is 3.73. The third-order valence-corrected chi connectivity index (χ3v) is 3.73. The molecule has 0 aromatic rings. The minimum absolute atomic E-state index is 0.111. The molecule has 142 valence electrons. The van der Waals surface area contributed by atoms with Crippen molar-refractivity contribution in [1.29, 1.82) is 0 Å². The van der Waals surface area contributed by atoms with Crippen LogP contribution in [0.5, 0.6) is 0 Å². The lowest BCUT2D eigenvalue weighted by molar-refractivity contribution is -0.158. The lowest BCUT2D eigenvalue weighted by Crippen LogP contribution is -2.22. The van der Waals surface area contributed by atoms with Crippen LogP contribution < -0.4 is 0 Å². The third kappa shape index (κ3) is 15.8. The van der Waals surface area contributed by atoms with E-state index in [4.69, 9.17) is 14.2 Å². The van der Waals surface area contributed by atoms with Crippen molar-refractivity contribution in [1.82, 2.24) is 0 Å². The van der Waals surface area contributed by atoms with E-state index in [0.717, 1.165) is 25.7 Å². The van der Waals surface area contributed by atoms with Crippen LogP contribution in [0.25, 0.3) is 0 Å². The van der Waals surface area contributed by atoms with E-state index in [1.54, 1.807) is 0 Å². The monoisotopic (exact) mass is 344 g/mol. The molecule has 0 radical (unpaired) electrons. The predicted molar refractivity (Wildman–Crippen MR) is 94.9 cm³/mol. The fraction of sp³-hybridized carbons (Fsp3) is 0.895. The zero-order valence-corrected chi connectivity index (χ0v) is 15.8. The molecule has 0 aromatic carbocycles. The molecule has 1 unspecified atom stereocenters. The maximum absolute atomic E-state index is 11.5. The highest BCUT2D eigenvalue weighted by Crippen LogP contribution is 2.08. The summed E-state index contributed by atoms with van der Waals surface area (Å²) in [4.78, 5) is 22.9. The number of rotatable bonds is 16. The number of hydrogen-bond donors (Lipinski definition) is 0. The topological polar surface area (TPSA) is 61.8 Å². The van der Waals surface area contributed by atoms with E-state index >= 15 is 0 Å². The Kier molecular flexibility index (Phi) is 16.0. The maximum Gasteiger partial charge on any atom is 0.332 e. The summed E-state index contributed by atoms with van der Waals surface area (Å²) in [6, 6.07) is 0. The average molecular weight is 344 g/mol. The second-order valence-corrected chi connectivity index (χ2v) is 6.28. The van der Waals surface area contributed by atoms with Crippen molar-refractivity contribution in [2.24, 2.45) is 0 Å². The Bertz CT molecular complexity index is 317. The normalized spacial score (nSPS) is 12.0. The Labute approximate surface area is 147 Å². The predicted octanol–water partition coefficient (Wildman–Crippen LogP) is 4.42. The van der Waals surface area contributed by atoms with Gasteiger partial charge in [-0.05, 0) is 19.8 Å². The van der Waals surface area contributed by atoms with Gasteiger partial charge in [0.25, 0.3) is 0 Å². The molecule has 0 N–H and O–H groups in total. The van der Waals surface area contributed by atoms with Crippen LogP contribution in [0.15, 0.2) is 0 Å². The lowest BCUT2D eigenvalue weighted by atomic mass is 10.1. The largest absolute Gasteiger partial charge is 0.464 e. The molecule has 5 nitrogen and oxygen atoms in total. The van der Waals surface area contributed by atoms with Gasteiger partial charge >= 0.3 is 11.9 Å². The number of unbranched alkanes of at least 4 members (excludes halogenated alkanes) is 7. The Hall–Kier alpha value is -1.10. The van der Waals surface area contributed by atoms with E-state index in [2.05, 4.69) is 6.92 Å². The molecule has 0 rings (SSSR count). The molecule has 0 aliphatic heterocycles. The van der Waals surface area contributed by atoms with Crippen LogP contribution in [0.1, 0.15) is 85.0 Å². The highest BCUT2D eigenvalue weighted by Gasteiger charge is 2.10. The first kappa shape index (κ1) is 22.9. The molecule has 24 heavy (non-hydrogen) atoms. The average Bonchev–Trinajstić information content (AvgIpc) is 2.53. The first-order chi connectivity index (χ1) is 11.6. The van der Waals surface area contributed by atoms with Crippen molar-refractivity contribution in [2.45, 2.75) is 91.1 Å². The molecule has 0 saturated heterocycles. The van der Waals surface area contributed by atoms with Gasteiger partial charge in [-0.15, -0.1) is 0 Å². The van der Waals surface area contributed by atoms with Crippen LogP contribution in [0.4, 0.5) is 0 Å². The first-order valence-electron chi connectivity index (χ1n) is 9.53. The van der Waals surface area contributed by atoms with Crippen molar-refractivity contribution in [3.8, 4) is 0 Å². The molecule has 0 saturated carbocycles. The number of ether oxygens (including phenoxy) is 3. The van der Waals surface area contributed by atoms with Crippen molar-refractivity contribution in [2.75, 3.05) is 19.8 Å². The van der Waals surface area contributed by atoms with E-state index in [0.29, 0.717) is 6.61 Å². The summed E-state index contributed by atoms with van der Waals surface area (Å²) in [6.07, 6.45) is 11.3. The maximum atomic E-state index is 11.5. The van der Waals surface area contributed by atoms with Gasteiger partial charge in [0.15, 0.2) is 0 Å². The standard InChI is InChI=1S/C19H36O5/c1-4-6-7-8-9-10-11-12-14-23-18(20)15-22-16-19(21)24-17(3)13-5-2/h17H,4-16H2,1-3H3. The second kappa shape index (κ2) is 16.7. The number of carbonyl (C=O) groups is 2. The lowest BCUT2D eigenvalue weighted by Gasteiger charge is -2.12. The van der Waals surface area contributed by atoms with Gasteiger partial charge in [-0.25, -0.2) is 9.59 Å². The van der Waals surface area contributed by atoms with Crippen molar-refractivity contribution < 1.29 is 23.8 Å². The Balaban J connectivity index is 3.39. The van der Waals surface area contributed by atoms with Gasteiger partial charge in [0.2, 0.25) is 0 Å². The Morgan fingerprint density at radius 1 is 0.792 bits per heavy atom. The summed E-state index contributed by atoms with van der Waals surface area (Å²) >= 11 is 0. The molecule has 0 aliphatic rings. The van der Waals surface area contributed by atoms with Gasteiger partial charge in [-0.3, -0.25) is 0 Å². The Morgan fingerprint density at radius 2 is 1.38 bits per heavy atom. The molecule has 0 aromatic heterocycles. The van der Waals surface area contributed by atoms with E-state index in [-0.39, 0.29) is 19.3 Å². The molecule has 0 bridgehead atoms. The van der Waals surface area contributed by atoms with Gasteiger partial charge in [-0.1, -0.05) is 65.2 Å². The smallest absolute Gasteiger partial charge is 0.332 e. The van der Waals surface area contributed by atoms with Crippen LogP contribution >= 0.6 is 0 Å². The van der Waals surface area contributed by atoms with Gasteiger partial charge in [0, 0.05) is 0 Å². The second-order valence-electron chi connectivity index (χ2n) is 6.28. The van der Waals surface area contributed by atoms with E-state index in [1.165, 1.54) is 38.5 Å². The van der Waals surface area contributed by atoms with Crippen LogP contribution in [0, 0.1) is 0 Å². The molecular formula is C19H36O5. The van der Waals surface area contributed by atoms with Gasteiger partial charge in [-0.2, -0.15) is 0 Å². The first-order valence-corrected chi connectivity index (χ1v) is 9.53. The molecule has 0 fully saturated rings.